The Balaban J connectivity index is 2.33. The van der Waals surface area contributed by atoms with Crippen LogP contribution in [0.3, 0.4) is 0 Å². The fourth-order valence-electron chi connectivity index (χ4n) is 2.56. The van der Waals surface area contributed by atoms with Gasteiger partial charge in [-0.15, -0.1) is 0 Å². The lowest BCUT2D eigenvalue weighted by Crippen LogP contribution is -2.26. The Hall–Kier alpha value is -0.800. The highest BCUT2D eigenvalue weighted by Gasteiger charge is 2.63. The average molecular weight is 209 g/mol. The molecule has 0 saturated heterocycles. The van der Waals surface area contributed by atoms with Crippen molar-refractivity contribution < 1.29 is 9.15 Å². The van der Waals surface area contributed by atoms with Crippen LogP contribution in [0.1, 0.15) is 31.6 Å². The molecule has 0 spiro atoms. The number of hydrogen-bond donors (Lipinski definition) is 1. The van der Waals surface area contributed by atoms with Crippen LogP contribution in [-0.4, -0.2) is 13.7 Å². The molecule has 0 bridgehead atoms. The molecule has 3 nitrogen and oxygen atoms in total. The maximum atomic E-state index is 5.90. The van der Waals surface area contributed by atoms with E-state index < -0.39 is 0 Å². The van der Waals surface area contributed by atoms with Crippen LogP contribution in [0.25, 0.3) is 0 Å². The van der Waals surface area contributed by atoms with E-state index in [4.69, 9.17) is 14.9 Å². The number of furan rings is 1. The number of rotatable bonds is 4. The largest absolute Gasteiger partial charge is 0.468 e. The Kier molecular flexibility index (Phi) is 2.40. The first kappa shape index (κ1) is 10.7. The fourth-order valence-corrected chi connectivity index (χ4v) is 2.56. The summed E-state index contributed by atoms with van der Waals surface area (Å²) in [5.74, 6) is 1.02. The molecule has 1 aromatic heterocycles. The standard InChI is InChI=1S/C12H19NO2/c1-11(2)7-12(11,8-13)10-9(6-14-3)4-5-15-10/h4-5H,6-8,13H2,1-3H3. The van der Waals surface area contributed by atoms with E-state index in [0.717, 1.165) is 17.7 Å². The summed E-state index contributed by atoms with van der Waals surface area (Å²) >= 11 is 0. The number of nitrogens with two attached hydrogens (primary N) is 1. The van der Waals surface area contributed by atoms with E-state index in [-0.39, 0.29) is 10.8 Å². The van der Waals surface area contributed by atoms with Gasteiger partial charge < -0.3 is 14.9 Å². The van der Waals surface area contributed by atoms with Crippen molar-refractivity contribution in [3.8, 4) is 0 Å². The summed E-state index contributed by atoms with van der Waals surface area (Å²) in [7, 11) is 1.70. The van der Waals surface area contributed by atoms with E-state index in [1.54, 1.807) is 13.4 Å². The fraction of sp³-hybridized carbons (Fsp3) is 0.667. The third-order valence-corrected chi connectivity index (χ3v) is 3.74. The van der Waals surface area contributed by atoms with Crippen molar-refractivity contribution in [2.24, 2.45) is 11.1 Å². The highest BCUT2D eigenvalue weighted by Crippen LogP contribution is 2.64. The monoisotopic (exact) mass is 209 g/mol. The van der Waals surface area contributed by atoms with Crippen LogP contribution in [0.5, 0.6) is 0 Å². The average Bonchev–Trinajstić information content (AvgIpc) is 2.59. The quantitative estimate of drug-likeness (QED) is 0.825. The van der Waals surface area contributed by atoms with Gasteiger partial charge in [0.2, 0.25) is 0 Å². The van der Waals surface area contributed by atoms with Gasteiger partial charge >= 0.3 is 0 Å². The lowest BCUT2D eigenvalue weighted by atomic mass is 9.91. The van der Waals surface area contributed by atoms with Crippen LogP contribution in [0.4, 0.5) is 0 Å². The van der Waals surface area contributed by atoms with Crippen molar-refractivity contribution in [1.82, 2.24) is 0 Å². The summed E-state index contributed by atoms with van der Waals surface area (Å²) in [6.45, 7) is 5.71. The van der Waals surface area contributed by atoms with E-state index in [1.807, 2.05) is 6.07 Å². The predicted molar refractivity (Wildman–Crippen MR) is 58.6 cm³/mol. The van der Waals surface area contributed by atoms with Crippen molar-refractivity contribution in [2.75, 3.05) is 13.7 Å². The van der Waals surface area contributed by atoms with Gasteiger partial charge in [0, 0.05) is 24.6 Å². The third kappa shape index (κ3) is 1.42. The first-order valence-corrected chi connectivity index (χ1v) is 5.33. The number of methoxy groups -OCH3 is 1. The Bertz CT molecular complexity index is 356. The Morgan fingerprint density at radius 1 is 1.53 bits per heavy atom. The highest BCUT2D eigenvalue weighted by molar-refractivity contribution is 5.36. The molecule has 1 aromatic rings. The molecule has 15 heavy (non-hydrogen) atoms. The Morgan fingerprint density at radius 2 is 2.20 bits per heavy atom. The first-order valence-electron chi connectivity index (χ1n) is 5.33. The zero-order valence-electron chi connectivity index (χ0n) is 9.67. The van der Waals surface area contributed by atoms with E-state index in [2.05, 4.69) is 13.8 Å². The summed E-state index contributed by atoms with van der Waals surface area (Å²) in [6.07, 6.45) is 2.83. The van der Waals surface area contributed by atoms with Gasteiger partial charge in [-0.05, 0) is 17.9 Å². The first-order chi connectivity index (χ1) is 7.07. The second-order valence-corrected chi connectivity index (χ2v) is 5.05. The molecule has 1 unspecified atom stereocenters. The van der Waals surface area contributed by atoms with Crippen LogP contribution in [0, 0.1) is 5.41 Å². The molecular weight excluding hydrogens is 190 g/mol. The minimum Gasteiger partial charge on any atom is -0.468 e. The smallest absolute Gasteiger partial charge is 0.117 e. The van der Waals surface area contributed by atoms with Gasteiger partial charge in [-0.3, -0.25) is 0 Å². The zero-order valence-corrected chi connectivity index (χ0v) is 9.67. The summed E-state index contributed by atoms with van der Waals surface area (Å²) in [5.41, 5.74) is 7.32. The summed E-state index contributed by atoms with van der Waals surface area (Å²) < 4.78 is 10.8. The van der Waals surface area contributed by atoms with Gasteiger partial charge in [0.25, 0.3) is 0 Å². The van der Waals surface area contributed by atoms with Crippen molar-refractivity contribution in [1.29, 1.82) is 0 Å². The molecule has 1 aliphatic carbocycles. The van der Waals surface area contributed by atoms with E-state index in [0.29, 0.717) is 13.2 Å². The van der Waals surface area contributed by atoms with Crippen LogP contribution in [0.2, 0.25) is 0 Å². The maximum Gasteiger partial charge on any atom is 0.117 e. The van der Waals surface area contributed by atoms with E-state index in [9.17, 15) is 0 Å². The van der Waals surface area contributed by atoms with Crippen molar-refractivity contribution in [3.05, 3.63) is 23.7 Å². The molecule has 0 aliphatic heterocycles. The molecule has 1 heterocycles. The molecule has 3 heteroatoms. The SMILES string of the molecule is COCc1ccoc1C1(CN)CC1(C)C. The molecule has 0 amide bonds. The molecule has 2 N–H and O–H groups in total. The van der Waals surface area contributed by atoms with Gasteiger partial charge in [-0.2, -0.15) is 0 Å². The topological polar surface area (TPSA) is 48.4 Å². The number of ether oxygens (including phenoxy) is 1. The molecule has 84 valence electrons. The van der Waals surface area contributed by atoms with E-state index >= 15 is 0 Å². The van der Waals surface area contributed by atoms with E-state index in [1.165, 1.54) is 0 Å². The molecule has 0 aromatic carbocycles. The lowest BCUT2D eigenvalue weighted by molar-refractivity contribution is 0.181. The van der Waals surface area contributed by atoms with Crippen LogP contribution in [-0.2, 0) is 16.8 Å². The summed E-state index contributed by atoms with van der Waals surface area (Å²) in [5, 5.41) is 0. The summed E-state index contributed by atoms with van der Waals surface area (Å²) in [4.78, 5) is 0. The maximum absolute atomic E-state index is 5.90. The van der Waals surface area contributed by atoms with Crippen molar-refractivity contribution in [3.63, 3.8) is 0 Å². The second-order valence-electron chi connectivity index (χ2n) is 5.05. The predicted octanol–water partition coefficient (Wildman–Crippen LogP) is 2.05. The molecule has 2 rings (SSSR count). The molecule has 1 atom stereocenters. The third-order valence-electron chi connectivity index (χ3n) is 3.74. The number of hydrogen-bond acceptors (Lipinski definition) is 3. The Morgan fingerprint density at radius 3 is 2.67 bits per heavy atom. The lowest BCUT2D eigenvalue weighted by Gasteiger charge is -2.17. The van der Waals surface area contributed by atoms with Gasteiger partial charge in [0.05, 0.1) is 12.9 Å². The highest BCUT2D eigenvalue weighted by atomic mass is 16.5. The summed E-state index contributed by atoms with van der Waals surface area (Å²) in [6, 6.07) is 1.98. The molecule has 0 radical (unpaired) electrons. The van der Waals surface area contributed by atoms with Crippen molar-refractivity contribution >= 4 is 0 Å². The van der Waals surface area contributed by atoms with Crippen LogP contribution >= 0.6 is 0 Å². The van der Waals surface area contributed by atoms with Crippen molar-refractivity contribution in [2.45, 2.75) is 32.3 Å². The molecule has 1 saturated carbocycles. The minimum atomic E-state index is 0.0321. The Labute approximate surface area is 90.6 Å². The van der Waals surface area contributed by atoms with Gasteiger partial charge in [-0.25, -0.2) is 0 Å². The molecular formula is C12H19NO2. The van der Waals surface area contributed by atoms with Gasteiger partial charge in [-0.1, -0.05) is 13.8 Å². The minimum absolute atomic E-state index is 0.0321. The van der Waals surface area contributed by atoms with Gasteiger partial charge in [0.1, 0.15) is 5.76 Å². The van der Waals surface area contributed by atoms with Crippen LogP contribution < -0.4 is 5.73 Å². The zero-order chi connectivity index (χ0) is 11.1. The normalized spacial score (nSPS) is 28.0. The van der Waals surface area contributed by atoms with Gasteiger partial charge in [0.15, 0.2) is 0 Å². The molecule has 1 aliphatic rings. The molecule has 1 fully saturated rings. The van der Waals surface area contributed by atoms with Crippen LogP contribution in [0.15, 0.2) is 16.7 Å². The second kappa shape index (κ2) is 3.35.